The molecule has 0 bridgehead atoms. The van der Waals surface area contributed by atoms with E-state index in [1.54, 1.807) is 0 Å². The van der Waals surface area contributed by atoms with Gasteiger partial charge in [-0.3, -0.25) is 0 Å². The molecule has 0 atom stereocenters. The van der Waals surface area contributed by atoms with Gasteiger partial charge in [0.05, 0.1) is 0 Å². The van der Waals surface area contributed by atoms with Gasteiger partial charge in [-0.2, -0.15) is 0 Å². The summed E-state index contributed by atoms with van der Waals surface area (Å²) >= 11 is 0. The van der Waals surface area contributed by atoms with Crippen LogP contribution in [0.5, 0.6) is 0 Å². The Balaban J connectivity index is -0.00000180. The third-order valence-electron chi connectivity index (χ3n) is 4.46. The second-order valence-corrected chi connectivity index (χ2v) is 6.66. The molecule has 0 heterocycles. The van der Waals surface area contributed by atoms with E-state index in [2.05, 4.69) is 13.8 Å². The van der Waals surface area contributed by atoms with Crippen molar-refractivity contribution in [3.63, 3.8) is 0 Å². The van der Waals surface area contributed by atoms with E-state index >= 15 is 0 Å². The minimum Gasteiger partial charge on any atom is -0.0654 e. The summed E-state index contributed by atoms with van der Waals surface area (Å²) < 4.78 is 0. The molecular formula is C20H42K2. The zero-order chi connectivity index (χ0) is 14.7. The maximum absolute atomic E-state index is 2.30. The Bertz CT molecular complexity index is 142. The molecule has 2 radical (unpaired) electrons. The van der Waals surface area contributed by atoms with Gasteiger partial charge >= 0.3 is 0 Å². The minimum atomic E-state index is 0. The molecule has 0 aromatic carbocycles. The molecule has 0 aliphatic heterocycles. The first-order chi connectivity index (χ1) is 9.91. The molecule has 124 valence electrons. The van der Waals surface area contributed by atoms with Crippen LogP contribution in [0.1, 0.15) is 129 Å². The SMILES string of the molecule is CCCCCCCCCCCCCCCCCCCC.[K].[K]. The molecule has 0 aromatic rings. The average molecular weight is 361 g/mol. The Kier molecular flexibility index (Phi) is 39.6. The van der Waals surface area contributed by atoms with E-state index in [0.717, 1.165) is 0 Å². The van der Waals surface area contributed by atoms with Gasteiger partial charge in [0.15, 0.2) is 0 Å². The zero-order valence-electron chi connectivity index (χ0n) is 16.7. The zero-order valence-corrected chi connectivity index (χ0v) is 23.0. The van der Waals surface area contributed by atoms with E-state index < -0.39 is 0 Å². The van der Waals surface area contributed by atoms with E-state index in [1.807, 2.05) is 0 Å². The third-order valence-corrected chi connectivity index (χ3v) is 4.46. The summed E-state index contributed by atoms with van der Waals surface area (Å²) in [6.45, 7) is 4.59. The van der Waals surface area contributed by atoms with Crippen molar-refractivity contribution in [1.82, 2.24) is 0 Å². The quantitative estimate of drug-likeness (QED) is 0.189. The molecule has 2 heteroatoms. The fourth-order valence-corrected chi connectivity index (χ4v) is 2.97. The second-order valence-electron chi connectivity index (χ2n) is 6.66. The molecule has 0 aromatic heterocycles. The number of hydrogen-bond donors (Lipinski definition) is 0. The maximum atomic E-state index is 2.30. The molecule has 0 spiro atoms. The molecule has 0 unspecified atom stereocenters. The summed E-state index contributed by atoms with van der Waals surface area (Å²) in [4.78, 5) is 0. The summed E-state index contributed by atoms with van der Waals surface area (Å²) in [7, 11) is 0. The molecule has 0 nitrogen and oxygen atoms in total. The first-order valence-electron chi connectivity index (χ1n) is 9.91. The number of hydrogen-bond acceptors (Lipinski definition) is 0. The van der Waals surface area contributed by atoms with Crippen LogP contribution in [0.2, 0.25) is 0 Å². The summed E-state index contributed by atoms with van der Waals surface area (Å²) in [6.07, 6.45) is 26.4. The van der Waals surface area contributed by atoms with Crippen molar-refractivity contribution in [2.24, 2.45) is 0 Å². The fraction of sp³-hybridized carbons (Fsp3) is 1.00. The van der Waals surface area contributed by atoms with Crippen molar-refractivity contribution in [3.8, 4) is 0 Å². The topological polar surface area (TPSA) is 0 Å². The van der Waals surface area contributed by atoms with Gasteiger partial charge in [-0.1, -0.05) is 129 Å². The Morgan fingerprint density at radius 3 is 0.545 bits per heavy atom. The molecule has 0 aliphatic rings. The smallest absolute Gasteiger partial charge is 0 e. The van der Waals surface area contributed by atoms with Crippen LogP contribution in [0, 0.1) is 0 Å². The van der Waals surface area contributed by atoms with Crippen molar-refractivity contribution in [1.29, 1.82) is 0 Å². The Morgan fingerprint density at radius 1 is 0.273 bits per heavy atom. The second kappa shape index (κ2) is 29.1. The predicted octanol–water partition coefficient (Wildman–Crippen LogP) is 7.29. The van der Waals surface area contributed by atoms with Crippen molar-refractivity contribution in [2.75, 3.05) is 0 Å². The molecule has 0 amide bonds. The Hall–Kier alpha value is 3.27. The largest absolute Gasteiger partial charge is 0.0654 e. The maximum Gasteiger partial charge on any atom is 0 e. The van der Waals surface area contributed by atoms with Gasteiger partial charge in [-0.15, -0.1) is 0 Å². The minimum absolute atomic E-state index is 0. The Morgan fingerprint density at radius 2 is 0.409 bits per heavy atom. The van der Waals surface area contributed by atoms with E-state index in [0.29, 0.717) is 0 Å². The van der Waals surface area contributed by atoms with Crippen LogP contribution in [0.25, 0.3) is 0 Å². The molecule has 0 saturated carbocycles. The third kappa shape index (κ3) is 28.1. The summed E-state index contributed by atoms with van der Waals surface area (Å²) in [6, 6.07) is 0. The van der Waals surface area contributed by atoms with Crippen molar-refractivity contribution >= 4 is 103 Å². The molecule has 0 rings (SSSR count). The van der Waals surface area contributed by atoms with E-state index in [1.165, 1.54) is 116 Å². The standard InChI is InChI=1S/C20H42.2K/c1-3-5-7-9-11-13-15-17-19-20-18-16-14-12-10-8-6-4-2;;/h3-20H2,1-2H3;;. The van der Waals surface area contributed by atoms with Gasteiger partial charge in [0.2, 0.25) is 0 Å². The van der Waals surface area contributed by atoms with Crippen molar-refractivity contribution in [2.45, 2.75) is 129 Å². The van der Waals surface area contributed by atoms with Crippen LogP contribution in [0.4, 0.5) is 0 Å². The first-order valence-corrected chi connectivity index (χ1v) is 9.91. The molecule has 0 N–H and O–H groups in total. The summed E-state index contributed by atoms with van der Waals surface area (Å²) in [5.41, 5.74) is 0. The van der Waals surface area contributed by atoms with Crippen LogP contribution in [0.15, 0.2) is 0 Å². The monoisotopic (exact) mass is 360 g/mol. The average Bonchev–Trinajstić information content (AvgIpc) is 2.47. The molecule has 0 aliphatic carbocycles. The summed E-state index contributed by atoms with van der Waals surface area (Å²) in [5, 5.41) is 0. The van der Waals surface area contributed by atoms with Crippen LogP contribution >= 0.6 is 0 Å². The van der Waals surface area contributed by atoms with Gasteiger partial charge in [0.25, 0.3) is 0 Å². The molecule has 0 saturated heterocycles. The van der Waals surface area contributed by atoms with Crippen LogP contribution in [0.3, 0.4) is 0 Å². The van der Waals surface area contributed by atoms with Gasteiger partial charge in [-0.05, 0) is 0 Å². The van der Waals surface area contributed by atoms with Gasteiger partial charge < -0.3 is 0 Å². The Labute approximate surface area is 228 Å². The van der Waals surface area contributed by atoms with E-state index in [4.69, 9.17) is 0 Å². The molecular weight excluding hydrogens is 318 g/mol. The van der Waals surface area contributed by atoms with E-state index in [-0.39, 0.29) is 103 Å². The number of unbranched alkanes of at least 4 members (excludes halogenated alkanes) is 17. The van der Waals surface area contributed by atoms with E-state index in [9.17, 15) is 0 Å². The normalized spacial score (nSPS) is 10.1. The molecule has 22 heavy (non-hydrogen) atoms. The fourth-order valence-electron chi connectivity index (χ4n) is 2.97. The number of rotatable bonds is 17. The van der Waals surface area contributed by atoms with Crippen molar-refractivity contribution < 1.29 is 0 Å². The van der Waals surface area contributed by atoms with Gasteiger partial charge in [-0.25, -0.2) is 0 Å². The van der Waals surface area contributed by atoms with Gasteiger partial charge in [0, 0.05) is 103 Å². The van der Waals surface area contributed by atoms with Gasteiger partial charge in [0.1, 0.15) is 0 Å². The predicted molar refractivity (Wildman–Crippen MR) is 106 cm³/mol. The summed E-state index contributed by atoms with van der Waals surface area (Å²) in [5.74, 6) is 0. The van der Waals surface area contributed by atoms with Crippen LogP contribution < -0.4 is 0 Å². The van der Waals surface area contributed by atoms with Crippen molar-refractivity contribution in [3.05, 3.63) is 0 Å². The van der Waals surface area contributed by atoms with Crippen LogP contribution in [-0.4, -0.2) is 103 Å². The molecule has 0 fully saturated rings. The first kappa shape index (κ1) is 30.0. The van der Waals surface area contributed by atoms with Crippen LogP contribution in [-0.2, 0) is 0 Å².